The zero-order valence-corrected chi connectivity index (χ0v) is 11.7. The number of aryl methyl sites for hydroxylation is 1. The maximum atomic E-state index is 4.19. The molecular formula is C13H23N3S. The van der Waals surface area contributed by atoms with Gasteiger partial charge in [-0.3, -0.25) is 4.68 Å². The molecule has 0 aliphatic heterocycles. The third kappa shape index (κ3) is 3.49. The van der Waals surface area contributed by atoms with Gasteiger partial charge in [-0.15, -0.1) is 0 Å². The average molecular weight is 253 g/mol. The van der Waals surface area contributed by atoms with Crippen molar-refractivity contribution in [2.24, 2.45) is 7.05 Å². The molecule has 1 aromatic rings. The standard InChI is InChI=1S/C13H23N3S/c1-16-10-12(9-15-16)5-8-14-11-13(17-2)6-3-4-7-13/h9-10,14H,3-8,11H2,1-2H3. The minimum atomic E-state index is 0.523. The predicted octanol–water partition coefficient (Wildman–Crippen LogP) is 2.23. The van der Waals surface area contributed by atoms with Gasteiger partial charge in [-0.25, -0.2) is 0 Å². The lowest BCUT2D eigenvalue weighted by molar-refractivity contribution is 0.536. The van der Waals surface area contributed by atoms with Crippen LogP contribution in [0.1, 0.15) is 31.2 Å². The van der Waals surface area contributed by atoms with Crippen molar-refractivity contribution in [3.63, 3.8) is 0 Å². The number of hydrogen-bond acceptors (Lipinski definition) is 3. The van der Waals surface area contributed by atoms with E-state index in [1.54, 1.807) is 0 Å². The van der Waals surface area contributed by atoms with Crippen molar-refractivity contribution in [3.05, 3.63) is 18.0 Å². The second-order valence-electron chi connectivity index (χ2n) is 5.04. The minimum absolute atomic E-state index is 0.523. The van der Waals surface area contributed by atoms with Crippen LogP contribution in [0, 0.1) is 0 Å². The summed E-state index contributed by atoms with van der Waals surface area (Å²) in [5.74, 6) is 0. The van der Waals surface area contributed by atoms with Crippen LogP contribution < -0.4 is 5.32 Å². The quantitative estimate of drug-likeness (QED) is 0.789. The Balaban J connectivity index is 1.69. The van der Waals surface area contributed by atoms with Gasteiger partial charge in [0.05, 0.1) is 6.20 Å². The summed E-state index contributed by atoms with van der Waals surface area (Å²) in [7, 11) is 1.97. The van der Waals surface area contributed by atoms with Crippen LogP contribution in [0.3, 0.4) is 0 Å². The lowest BCUT2D eigenvalue weighted by Crippen LogP contribution is -2.36. The molecule has 2 rings (SSSR count). The summed E-state index contributed by atoms with van der Waals surface area (Å²) >= 11 is 2.05. The number of nitrogens with zero attached hydrogens (tertiary/aromatic N) is 2. The second-order valence-corrected chi connectivity index (χ2v) is 6.32. The first-order valence-electron chi connectivity index (χ1n) is 6.47. The van der Waals surface area contributed by atoms with E-state index in [4.69, 9.17) is 0 Å². The molecule has 1 aliphatic carbocycles. The van der Waals surface area contributed by atoms with Gasteiger partial charge in [0.15, 0.2) is 0 Å². The predicted molar refractivity (Wildman–Crippen MR) is 74.5 cm³/mol. The second kappa shape index (κ2) is 5.91. The molecule has 0 aromatic carbocycles. The summed E-state index contributed by atoms with van der Waals surface area (Å²) in [6.45, 7) is 2.22. The fourth-order valence-corrected chi connectivity index (χ4v) is 3.57. The summed E-state index contributed by atoms with van der Waals surface area (Å²) in [5, 5.41) is 7.81. The molecule has 1 aromatic heterocycles. The molecule has 0 radical (unpaired) electrons. The Morgan fingerprint density at radius 3 is 2.82 bits per heavy atom. The van der Waals surface area contributed by atoms with Crippen molar-refractivity contribution in [3.8, 4) is 0 Å². The fraction of sp³-hybridized carbons (Fsp3) is 0.769. The molecular weight excluding hydrogens is 230 g/mol. The summed E-state index contributed by atoms with van der Waals surface area (Å²) in [5.41, 5.74) is 1.32. The van der Waals surface area contributed by atoms with E-state index >= 15 is 0 Å². The van der Waals surface area contributed by atoms with Gasteiger partial charge < -0.3 is 5.32 Å². The first-order chi connectivity index (χ1) is 8.24. The van der Waals surface area contributed by atoms with Gasteiger partial charge in [0, 0.05) is 24.5 Å². The van der Waals surface area contributed by atoms with Crippen LogP contribution in [-0.4, -0.2) is 33.9 Å². The van der Waals surface area contributed by atoms with Crippen molar-refractivity contribution < 1.29 is 0 Å². The maximum Gasteiger partial charge on any atom is 0.0522 e. The highest BCUT2D eigenvalue weighted by molar-refractivity contribution is 8.00. The zero-order chi connectivity index (χ0) is 12.1. The SMILES string of the molecule is CSC1(CNCCc2cnn(C)c2)CCCC1. The Morgan fingerprint density at radius 1 is 1.47 bits per heavy atom. The van der Waals surface area contributed by atoms with Crippen molar-refractivity contribution in [2.45, 2.75) is 36.9 Å². The molecule has 4 heteroatoms. The van der Waals surface area contributed by atoms with Gasteiger partial charge >= 0.3 is 0 Å². The first kappa shape index (κ1) is 13.0. The van der Waals surface area contributed by atoms with E-state index in [2.05, 4.69) is 34.6 Å². The zero-order valence-electron chi connectivity index (χ0n) is 10.9. The summed E-state index contributed by atoms with van der Waals surface area (Å²) < 4.78 is 2.39. The molecule has 0 bridgehead atoms. The smallest absolute Gasteiger partial charge is 0.0522 e. The van der Waals surface area contributed by atoms with Gasteiger partial charge in [0.25, 0.3) is 0 Å². The van der Waals surface area contributed by atoms with E-state index in [-0.39, 0.29) is 0 Å². The lowest BCUT2D eigenvalue weighted by atomic mass is 10.1. The number of thioether (sulfide) groups is 1. The highest BCUT2D eigenvalue weighted by Crippen LogP contribution is 2.39. The highest BCUT2D eigenvalue weighted by Gasteiger charge is 2.32. The largest absolute Gasteiger partial charge is 0.315 e. The van der Waals surface area contributed by atoms with Crippen molar-refractivity contribution >= 4 is 11.8 Å². The molecule has 1 aliphatic rings. The van der Waals surface area contributed by atoms with E-state index in [0.29, 0.717) is 4.75 Å². The van der Waals surface area contributed by atoms with Gasteiger partial charge in [-0.2, -0.15) is 16.9 Å². The van der Waals surface area contributed by atoms with Gasteiger partial charge in [0.1, 0.15) is 0 Å². The van der Waals surface area contributed by atoms with Crippen molar-refractivity contribution in [1.29, 1.82) is 0 Å². The Bertz CT molecular complexity index is 342. The number of rotatable bonds is 6. The molecule has 0 saturated heterocycles. The van der Waals surface area contributed by atoms with Crippen LogP contribution in [0.4, 0.5) is 0 Å². The number of aromatic nitrogens is 2. The molecule has 0 atom stereocenters. The van der Waals surface area contributed by atoms with Crippen LogP contribution in [-0.2, 0) is 13.5 Å². The third-order valence-electron chi connectivity index (χ3n) is 3.74. The Hall–Kier alpha value is -0.480. The van der Waals surface area contributed by atoms with E-state index in [9.17, 15) is 0 Å². The molecule has 1 N–H and O–H groups in total. The normalized spacial score (nSPS) is 18.7. The molecule has 3 nitrogen and oxygen atoms in total. The Morgan fingerprint density at radius 2 is 2.24 bits per heavy atom. The van der Waals surface area contributed by atoms with Crippen LogP contribution in [0.2, 0.25) is 0 Å². The molecule has 0 amide bonds. The van der Waals surface area contributed by atoms with Gasteiger partial charge in [-0.05, 0) is 37.6 Å². The van der Waals surface area contributed by atoms with Crippen molar-refractivity contribution in [2.75, 3.05) is 19.3 Å². The molecule has 0 unspecified atom stereocenters. The summed E-state index contributed by atoms with van der Waals surface area (Å²) in [6.07, 6.45) is 13.0. The van der Waals surface area contributed by atoms with Crippen molar-refractivity contribution in [1.82, 2.24) is 15.1 Å². The molecule has 0 spiro atoms. The van der Waals surface area contributed by atoms with E-state index in [1.165, 1.54) is 31.2 Å². The first-order valence-corrected chi connectivity index (χ1v) is 7.70. The molecule has 17 heavy (non-hydrogen) atoms. The van der Waals surface area contributed by atoms with E-state index < -0.39 is 0 Å². The monoisotopic (exact) mass is 253 g/mol. The number of nitrogens with one attached hydrogen (secondary N) is 1. The third-order valence-corrected chi connectivity index (χ3v) is 5.16. The molecule has 1 heterocycles. The Labute approximate surface area is 108 Å². The van der Waals surface area contributed by atoms with Crippen LogP contribution in [0.5, 0.6) is 0 Å². The Kier molecular flexibility index (Phi) is 4.51. The fourth-order valence-electron chi connectivity index (χ4n) is 2.62. The summed E-state index contributed by atoms with van der Waals surface area (Å²) in [6, 6.07) is 0. The van der Waals surface area contributed by atoms with E-state index in [1.807, 2.05) is 17.9 Å². The summed E-state index contributed by atoms with van der Waals surface area (Å²) in [4.78, 5) is 0. The lowest BCUT2D eigenvalue weighted by Gasteiger charge is -2.27. The highest BCUT2D eigenvalue weighted by atomic mass is 32.2. The number of hydrogen-bond donors (Lipinski definition) is 1. The van der Waals surface area contributed by atoms with Crippen LogP contribution >= 0.6 is 11.8 Å². The minimum Gasteiger partial charge on any atom is -0.315 e. The van der Waals surface area contributed by atoms with E-state index in [0.717, 1.165) is 19.5 Å². The average Bonchev–Trinajstić information content (AvgIpc) is 2.95. The molecule has 96 valence electrons. The molecule has 1 fully saturated rings. The topological polar surface area (TPSA) is 29.9 Å². The molecule has 1 saturated carbocycles. The maximum absolute atomic E-state index is 4.19. The van der Waals surface area contributed by atoms with Gasteiger partial charge in [0.2, 0.25) is 0 Å². The van der Waals surface area contributed by atoms with Crippen LogP contribution in [0.15, 0.2) is 12.4 Å². The van der Waals surface area contributed by atoms with Gasteiger partial charge in [-0.1, -0.05) is 12.8 Å². The van der Waals surface area contributed by atoms with Crippen LogP contribution in [0.25, 0.3) is 0 Å².